The Morgan fingerprint density at radius 3 is 2.45 bits per heavy atom. The summed E-state index contributed by atoms with van der Waals surface area (Å²) in [6, 6.07) is 4.25. The van der Waals surface area contributed by atoms with E-state index in [4.69, 9.17) is 5.11 Å². The SMILES string of the molecule is Cc1nc(NS(=O)(=O)c2ccc(F)cc2)sc1C(=O)O. The van der Waals surface area contributed by atoms with Crippen molar-refractivity contribution in [3.63, 3.8) is 0 Å². The number of sulfonamides is 1. The maximum atomic E-state index is 12.8. The molecule has 0 fully saturated rings. The van der Waals surface area contributed by atoms with Gasteiger partial charge in [0.2, 0.25) is 0 Å². The van der Waals surface area contributed by atoms with Crippen molar-refractivity contribution in [1.29, 1.82) is 0 Å². The molecule has 0 bridgehead atoms. The molecule has 0 radical (unpaired) electrons. The van der Waals surface area contributed by atoms with Gasteiger partial charge >= 0.3 is 5.97 Å². The third kappa shape index (κ3) is 2.94. The second kappa shape index (κ2) is 5.17. The number of hydrogen-bond donors (Lipinski definition) is 2. The number of aryl methyl sites for hydroxylation is 1. The van der Waals surface area contributed by atoms with E-state index in [1.807, 2.05) is 0 Å². The predicted octanol–water partition coefficient (Wildman–Crippen LogP) is 2.09. The molecule has 2 aromatic rings. The van der Waals surface area contributed by atoms with Gasteiger partial charge in [-0.1, -0.05) is 11.3 Å². The van der Waals surface area contributed by atoms with Crippen LogP contribution in [0.4, 0.5) is 9.52 Å². The van der Waals surface area contributed by atoms with Crippen molar-refractivity contribution in [2.75, 3.05) is 4.72 Å². The monoisotopic (exact) mass is 316 g/mol. The number of carboxylic acids is 1. The van der Waals surface area contributed by atoms with E-state index in [1.165, 1.54) is 6.92 Å². The summed E-state index contributed by atoms with van der Waals surface area (Å²) in [7, 11) is -3.92. The summed E-state index contributed by atoms with van der Waals surface area (Å²) in [4.78, 5) is 14.5. The number of carbonyl (C=O) groups is 1. The van der Waals surface area contributed by atoms with Crippen LogP contribution < -0.4 is 4.72 Å². The number of hydrogen-bond acceptors (Lipinski definition) is 5. The normalized spacial score (nSPS) is 11.3. The number of nitrogens with zero attached hydrogens (tertiary/aromatic N) is 1. The largest absolute Gasteiger partial charge is 0.477 e. The van der Waals surface area contributed by atoms with Crippen molar-refractivity contribution in [1.82, 2.24) is 4.98 Å². The van der Waals surface area contributed by atoms with Crippen molar-refractivity contribution in [2.45, 2.75) is 11.8 Å². The van der Waals surface area contributed by atoms with Gasteiger partial charge in [0.15, 0.2) is 5.13 Å². The molecule has 2 rings (SSSR count). The molecule has 9 heteroatoms. The number of thiazole rings is 1. The van der Waals surface area contributed by atoms with Crippen LogP contribution in [-0.2, 0) is 10.0 Å². The summed E-state index contributed by atoms with van der Waals surface area (Å²) in [5.74, 6) is -1.73. The maximum Gasteiger partial charge on any atom is 0.347 e. The van der Waals surface area contributed by atoms with Crippen molar-refractivity contribution >= 4 is 32.5 Å². The first-order valence-corrected chi connectivity index (χ1v) is 7.58. The summed E-state index contributed by atoms with van der Waals surface area (Å²) < 4.78 is 38.9. The number of benzene rings is 1. The Morgan fingerprint density at radius 2 is 1.95 bits per heavy atom. The van der Waals surface area contributed by atoms with Crippen molar-refractivity contribution in [2.24, 2.45) is 0 Å². The van der Waals surface area contributed by atoms with Crippen LogP contribution in [0, 0.1) is 12.7 Å². The molecule has 0 spiro atoms. The number of nitrogens with one attached hydrogen (secondary N) is 1. The molecule has 6 nitrogen and oxygen atoms in total. The summed E-state index contributed by atoms with van der Waals surface area (Å²) in [5.41, 5.74) is 0.222. The number of carboxylic acid groups (broad SMARTS) is 1. The molecule has 1 aromatic heterocycles. The standard InChI is InChI=1S/C11H9FN2O4S2/c1-6-9(10(15)16)19-11(13-6)14-20(17,18)8-4-2-7(12)3-5-8/h2-5H,1H3,(H,13,14)(H,15,16). The minimum atomic E-state index is -3.92. The maximum absolute atomic E-state index is 12.8. The molecular formula is C11H9FN2O4S2. The molecule has 0 aliphatic rings. The first kappa shape index (κ1) is 14.4. The lowest BCUT2D eigenvalue weighted by molar-refractivity contribution is 0.0701. The van der Waals surface area contributed by atoms with E-state index < -0.39 is 21.8 Å². The quantitative estimate of drug-likeness (QED) is 0.900. The van der Waals surface area contributed by atoms with Crippen LogP contribution in [0.15, 0.2) is 29.2 Å². The second-order valence-electron chi connectivity index (χ2n) is 3.80. The van der Waals surface area contributed by atoms with Gasteiger partial charge in [0, 0.05) is 0 Å². The molecule has 20 heavy (non-hydrogen) atoms. The van der Waals surface area contributed by atoms with Crippen LogP contribution in [0.2, 0.25) is 0 Å². The van der Waals surface area contributed by atoms with Gasteiger partial charge in [0.25, 0.3) is 10.0 Å². The van der Waals surface area contributed by atoms with Crippen molar-refractivity contribution in [3.05, 3.63) is 40.7 Å². The number of halogens is 1. The highest BCUT2D eigenvalue weighted by Gasteiger charge is 2.19. The molecule has 1 heterocycles. The van der Waals surface area contributed by atoms with Gasteiger partial charge < -0.3 is 5.11 Å². The first-order valence-electron chi connectivity index (χ1n) is 5.29. The fraction of sp³-hybridized carbons (Fsp3) is 0.0909. The average Bonchev–Trinajstić information content (AvgIpc) is 2.70. The van der Waals surface area contributed by atoms with Crippen LogP contribution in [-0.4, -0.2) is 24.5 Å². The summed E-state index contributed by atoms with van der Waals surface area (Å²) in [6.07, 6.45) is 0. The second-order valence-corrected chi connectivity index (χ2v) is 6.48. The lowest BCUT2D eigenvalue weighted by Gasteiger charge is -2.04. The Bertz CT molecular complexity index is 753. The molecule has 2 N–H and O–H groups in total. The molecule has 0 atom stereocenters. The first-order chi connectivity index (χ1) is 9.29. The third-order valence-corrected chi connectivity index (χ3v) is 4.88. The van der Waals surface area contributed by atoms with E-state index >= 15 is 0 Å². The molecule has 0 saturated heterocycles. The Labute approximate surface area is 118 Å². The summed E-state index contributed by atoms with van der Waals surface area (Å²) in [6.45, 7) is 1.47. The average molecular weight is 316 g/mol. The van der Waals surface area contributed by atoms with E-state index in [0.29, 0.717) is 0 Å². The summed E-state index contributed by atoms with van der Waals surface area (Å²) >= 11 is 0.717. The van der Waals surface area contributed by atoms with Crippen molar-refractivity contribution in [3.8, 4) is 0 Å². The Morgan fingerprint density at radius 1 is 1.35 bits per heavy atom. The molecule has 0 aliphatic heterocycles. The van der Waals surface area contributed by atoms with E-state index in [2.05, 4.69) is 9.71 Å². The zero-order valence-electron chi connectivity index (χ0n) is 10.1. The molecular weight excluding hydrogens is 307 g/mol. The lowest BCUT2D eigenvalue weighted by Crippen LogP contribution is -2.12. The molecule has 106 valence electrons. The highest BCUT2D eigenvalue weighted by molar-refractivity contribution is 7.93. The van der Waals surface area contributed by atoms with E-state index in [-0.39, 0.29) is 20.6 Å². The molecule has 0 amide bonds. The Hall–Kier alpha value is -2.00. The minimum absolute atomic E-state index is 0.0400. The van der Waals surface area contributed by atoms with Gasteiger partial charge in [-0.25, -0.2) is 22.6 Å². The van der Waals surface area contributed by atoms with Gasteiger partial charge in [-0.3, -0.25) is 4.72 Å². The zero-order chi connectivity index (χ0) is 14.9. The van der Waals surface area contributed by atoms with Crippen LogP contribution >= 0.6 is 11.3 Å². The van der Waals surface area contributed by atoms with Crippen LogP contribution in [0.5, 0.6) is 0 Å². The smallest absolute Gasteiger partial charge is 0.347 e. The Balaban J connectivity index is 2.31. The molecule has 0 aliphatic carbocycles. The fourth-order valence-electron chi connectivity index (χ4n) is 1.43. The van der Waals surface area contributed by atoms with Crippen molar-refractivity contribution < 1.29 is 22.7 Å². The predicted molar refractivity (Wildman–Crippen MR) is 71.0 cm³/mol. The summed E-state index contributed by atoms with van der Waals surface area (Å²) in [5, 5.41) is 8.82. The fourth-order valence-corrected chi connectivity index (χ4v) is 3.47. The third-order valence-electron chi connectivity index (χ3n) is 2.34. The van der Waals surface area contributed by atoms with Crippen LogP contribution in [0.1, 0.15) is 15.4 Å². The van der Waals surface area contributed by atoms with Gasteiger partial charge in [-0.2, -0.15) is 0 Å². The van der Waals surface area contributed by atoms with Gasteiger partial charge in [-0.15, -0.1) is 0 Å². The number of aromatic nitrogens is 1. The molecule has 0 unspecified atom stereocenters. The molecule has 1 aromatic carbocycles. The minimum Gasteiger partial charge on any atom is -0.477 e. The van der Waals surface area contributed by atoms with Gasteiger partial charge in [0.1, 0.15) is 10.7 Å². The van der Waals surface area contributed by atoms with Gasteiger partial charge in [0.05, 0.1) is 10.6 Å². The highest BCUT2D eigenvalue weighted by Crippen LogP contribution is 2.25. The van der Waals surface area contributed by atoms with Gasteiger partial charge in [-0.05, 0) is 31.2 Å². The molecule has 0 saturated carbocycles. The Kier molecular flexibility index (Phi) is 3.73. The lowest BCUT2D eigenvalue weighted by atomic mass is 10.4. The van der Waals surface area contributed by atoms with Crippen LogP contribution in [0.3, 0.4) is 0 Å². The number of aromatic carboxylic acids is 1. The number of rotatable bonds is 4. The van der Waals surface area contributed by atoms with E-state index in [1.54, 1.807) is 0 Å². The van der Waals surface area contributed by atoms with E-state index in [0.717, 1.165) is 35.6 Å². The van der Waals surface area contributed by atoms with Crippen LogP contribution in [0.25, 0.3) is 0 Å². The topological polar surface area (TPSA) is 96.4 Å². The number of anilines is 1. The zero-order valence-corrected chi connectivity index (χ0v) is 11.8. The van der Waals surface area contributed by atoms with E-state index in [9.17, 15) is 17.6 Å². The highest BCUT2D eigenvalue weighted by atomic mass is 32.2.